The second-order valence-electron chi connectivity index (χ2n) is 4.82. The quantitative estimate of drug-likeness (QED) is 0.855. The molecule has 1 atom stereocenters. The van der Waals surface area contributed by atoms with Crippen LogP contribution in [0, 0.1) is 0 Å². The first-order valence-electron chi connectivity index (χ1n) is 6.37. The van der Waals surface area contributed by atoms with E-state index in [4.69, 9.17) is 0 Å². The predicted molar refractivity (Wildman–Crippen MR) is 67.5 cm³/mol. The molecule has 2 aromatic heterocycles. The van der Waals surface area contributed by atoms with Gasteiger partial charge in [-0.3, -0.25) is 9.89 Å². The third kappa shape index (κ3) is 2.23. The van der Waals surface area contributed by atoms with E-state index in [9.17, 15) is 4.79 Å². The number of H-pyrrole nitrogens is 1. The predicted octanol–water partition coefficient (Wildman–Crippen LogP) is 0.558. The summed E-state index contributed by atoms with van der Waals surface area (Å²) in [4.78, 5) is 22.5. The number of imidazole rings is 1. The number of rotatable bonds is 2. The van der Waals surface area contributed by atoms with Crippen molar-refractivity contribution in [3.05, 3.63) is 30.4 Å². The number of nitrogens with one attached hydrogen (secondary N) is 1. The second kappa shape index (κ2) is 4.83. The summed E-state index contributed by atoms with van der Waals surface area (Å²) in [7, 11) is 1.83. The van der Waals surface area contributed by atoms with Crippen LogP contribution in [-0.2, 0) is 7.05 Å². The van der Waals surface area contributed by atoms with E-state index in [1.54, 1.807) is 17.0 Å². The van der Waals surface area contributed by atoms with E-state index in [2.05, 4.69) is 20.2 Å². The summed E-state index contributed by atoms with van der Waals surface area (Å²) in [5.74, 6) is 1.56. The maximum Gasteiger partial charge on any atom is 0.289 e. The van der Waals surface area contributed by atoms with E-state index < -0.39 is 0 Å². The number of nitrogens with zero attached hydrogens (tertiary/aromatic N) is 5. The van der Waals surface area contributed by atoms with Crippen molar-refractivity contribution in [2.24, 2.45) is 7.05 Å². The summed E-state index contributed by atoms with van der Waals surface area (Å²) in [6, 6.07) is 0. The Morgan fingerprint density at radius 3 is 3.05 bits per heavy atom. The van der Waals surface area contributed by atoms with Gasteiger partial charge in [0.25, 0.3) is 5.91 Å². The molecule has 1 aliphatic rings. The minimum atomic E-state index is -0.0169. The smallest absolute Gasteiger partial charge is 0.289 e. The Balaban J connectivity index is 1.75. The molecule has 100 valence electrons. The zero-order valence-corrected chi connectivity index (χ0v) is 10.8. The fraction of sp³-hybridized carbons (Fsp3) is 0.500. The number of aryl methyl sites for hydroxylation is 1. The van der Waals surface area contributed by atoms with Gasteiger partial charge in [0.2, 0.25) is 0 Å². The Morgan fingerprint density at radius 2 is 2.37 bits per heavy atom. The molecule has 1 fully saturated rings. The number of hydrogen-bond donors (Lipinski definition) is 1. The van der Waals surface area contributed by atoms with E-state index in [0.29, 0.717) is 12.4 Å². The fourth-order valence-electron chi connectivity index (χ4n) is 2.51. The molecule has 1 N–H and O–H groups in total. The van der Waals surface area contributed by atoms with Crippen LogP contribution in [0.3, 0.4) is 0 Å². The number of likely N-dealkylation sites (tertiary alicyclic amines) is 1. The maximum atomic E-state index is 12.4. The van der Waals surface area contributed by atoms with Crippen LogP contribution in [0.25, 0.3) is 0 Å². The van der Waals surface area contributed by atoms with E-state index in [1.807, 2.05) is 11.9 Å². The molecular weight excluding hydrogens is 244 g/mol. The Hall–Kier alpha value is -2.18. The maximum absolute atomic E-state index is 12.4. The molecular formula is C12H16N6O. The van der Waals surface area contributed by atoms with Gasteiger partial charge in [0, 0.05) is 38.4 Å². The highest BCUT2D eigenvalue weighted by Crippen LogP contribution is 2.24. The molecule has 0 aromatic carbocycles. The largest absolute Gasteiger partial charge is 0.335 e. The van der Waals surface area contributed by atoms with Gasteiger partial charge in [-0.2, -0.15) is 5.10 Å². The topological polar surface area (TPSA) is 79.7 Å². The minimum absolute atomic E-state index is 0.0169. The average molecular weight is 260 g/mol. The van der Waals surface area contributed by atoms with E-state index in [1.165, 1.54) is 6.33 Å². The highest BCUT2D eigenvalue weighted by atomic mass is 16.2. The van der Waals surface area contributed by atoms with Gasteiger partial charge in [-0.05, 0) is 12.8 Å². The molecule has 7 nitrogen and oxygen atoms in total. The normalized spacial score (nSPS) is 19.6. The van der Waals surface area contributed by atoms with Gasteiger partial charge in [-0.1, -0.05) is 0 Å². The SMILES string of the molecule is Cn1ccnc1C(=O)N1CCC[C@H](c2ncn[nH]2)C1. The third-order valence-corrected chi connectivity index (χ3v) is 3.54. The molecule has 3 heterocycles. The van der Waals surface area contributed by atoms with Crippen molar-refractivity contribution in [1.82, 2.24) is 29.6 Å². The molecule has 1 aliphatic heterocycles. The summed E-state index contributed by atoms with van der Waals surface area (Å²) >= 11 is 0. The number of hydrogen-bond acceptors (Lipinski definition) is 4. The zero-order valence-electron chi connectivity index (χ0n) is 10.8. The molecule has 0 aliphatic carbocycles. The Kier molecular flexibility index (Phi) is 3.02. The average Bonchev–Trinajstić information content (AvgIpc) is 3.09. The van der Waals surface area contributed by atoms with Crippen molar-refractivity contribution >= 4 is 5.91 Å². The fourth-order valence-corrected chi connectivity index (χ4v) is 2.51. The summed E-state index contributed by atoms with van der Waals surface area (Å²) in [5.41, 5.74) is 0. The van der Waals surface area contributed by atoms with E-state index in [-0.39, 0.29) is 11.8 Å². The van der Waals surface area contributed by atoms with Crippen molar-refractivity contribution in [3.8, 4) is 0 Å². The van der Waals surface area contributed by atoms with Crippen molar-refractivity contribution in [2.75, 3.05) is 13.1 Å². The highest BCUT2D eigenvalue weighted by Gasteiger charge is 2.28. The monoisotopic (exact) mass is 260 g/mol. The standard InChI is InChI=1S/C12H16N6O/c1-17-6-4-13-11(17)12(19)18-5-2-3-9(7-18)10-14-8-15-16-10/h4,6,8-9H,2-3,5,7H2,1H3,(H,14,15,16)/t9-/m0/s1. The van der Waals surface area contributed by atoms with E-state index >= 15 is 0 Å². The summed E-state index contributed by atoms with van der Waals surface area (Å²) in [6.45, 7) is 1.44. The number of carbonyl (C=O) groups is 1. The van der Waals surface area contributed by atoms with Crippen LogP contribution in [0.2, 0.25) is 0 Å². The number of carbonyl (C=O) groups excluding carboxylic acids is 1. The lowest BCUT2D eigenvalue weighted by molar-refractivity contribution is 0.0688. The Morgan fingerprint density at radius 1 is 1.47 bits per heavy atom. The molecule has 1 saturated heterocycles. The van der Waals surface area contributed by atoms with Crippen LogP contribution in [0.4, 0.5) is 0 Å². The molecule has 2 aromatic rings. The lowest BCUT2D eigenvalue weighted by Crippen LogP contribution is -2.40. The zero-order chi connectivity index (χ0) is 13.2. The van der Waals surface area contributed by atoms with Gasteiger partial charge in [0.15, 0.2) is 5.82 Å². The van der Waals surface area contributed by atoms with Crippen molar-refractivity contribution in [1.29, 1.82) is 0 Å². The van der Waals surface area contributed by atoms with Gasteiger partial charge in [-0.25, -0.2) is 9.97 Å². The van der Waals surface area contributed by atoms with Gasteiger partial charge < -0.3 is 9.47 Å². The molecule has 7 heteroatoms. The number of aromatic amines is 1. The Labute approximate surface area is 110 Å². The first kappa shape index (κ1) is 11.9. The Bertz CT molecular complexity index is 561. The number of amides is 1. The van der Waals surface area contributed by atoms with Crippen LogP contribution in [0.15, 0.2) is 18.7 Å². The molecule has 19 heavy (non-hydrogen) atoms. The van der Waals surface area contributed by atoms with Crippen molar-refractivity contribution in [2.45, 2.75) is 18.8 Å². The van der Waals surface area contributed by atoms with Crippen molar-refractivity contribution < 1.29 is 4.79 Å². The molecule has 0 spiro atoms. The summed E-state index contributed by atoms with van der Waals surface area (Å²) in [6.07, 6.45) is 6.94. The molecule has 0 bridgehead atoms. The third-order valence-electron chi connectivity index (χ3n) is 3.54. The first-order valence-corrected chi connectivity index (χ1v) is 6.37. The van der Waals surface area contributed by atoms with Crippen LogP contribution < -0.4 is 0 Å². The van der Waals surface area contributed by atoms with Gasteiger partial charge in [0.1, 0.15) is 12.2 Å². The first-order chi connectivity index (χ1) is 9.25. The molecule has 3 rings (SSSR count). The number of aromatic nitrogens is 5. The minimum Gasteiger partial charge on any atom is -0.335 e. The van der Waals surface area contributed by atoms with Gasteiger partial charge in [-0.15, -0.1) is 0 Å². The molecule has 1 amide bonds. The highest BCUT2D eigenvalue weighted by molar-refractivity contribution is 5.90. The van der Waals surface area contributed by atoms with Crippen LogP contribution >= 0.6 is 0 Å². The lowest BCUT2D eigenvalue weighted by atomic mass is 9.97. The van der Waals surface area contributed by atoms with Crippen LogP contribution in [0.5, 0.6) is 0 Å². The summed E-state index contributed by atoms with van der Waals surface area (Å²) in [5, 5.41) is 6.77. The lowest BCUT2D eigenvalue weighted by Gasteiger charge is -2.31. The summed E-state index contributed by atoms with van der Waals surface area (Å²) < 4.78 is 1.75. The van der Waals surface area contributed by atoms with Crippen LogP contribution in [-0.4, -0.2) is 48.6 Å². The van der Waals surface area contributed by atoms with Gasteiger partial charge in [0.05, 0.1) is 0 Å². The molecule has 0 unspecified atom stereocenters. The second-order valence-corrected chi connectivity index (χ2v) is 4.82. The molecule has 0 radical (unpaired) electrons. The molecule has 0 saturated carbocycles. The number of piperidine rings is 1. The van der Waals surface area contributed by atoms with Gasteiger partial charge >= 0.3 is 0 Å². The van der Waals surface area contributed by atoms with Crippen molar-refractivity contribution in [3.63, 3.8) is 0 Å². The van der Waals surface area contributed by atoms with E-state index in [0.717, 1.165) is 25.2 Å². The van der Waals surface area contributed by atoms with Crippen LogP contribution in [0.1, 0.15) is 35.2 Å².